The van der Waals surface area contributed by atoms with Gasteiger partial charge in [0.2, 0.25) is 0 Å². The molecule has 0 bridgehead atoms. The summed E-state index contributed by atoms with van der Waals surface area (Å²) in [5, 5.41) is 0. The zero-order valence-corrected chi connectivity index (χ0v) is 9.18. The minimum atomic E-state index is 0.863. The van der Waals surface area contributed by atoms with Gasteiger partial charge in [-0.1, -0.05) is 6.42 Å². The first-order valence-corrected chi connectivity index (χ1v) is 6.10. The first-order valence-electron chi connectivity index (χ1n) is 5.47. The molecule has 0 N–H and O–H groups in total. The third-order valence-electron chi connectivity index (χ3n) is 3.34. The summed E-state index contributed by atoms with van der Waals surface area (Å²) in [5.74, 6) is 1.01. The molecule has 2 heterocycles. The van der Waals surface area contributed by atoms with E-state index >= 15 is 0 Å². The molecule has 1 atom stereocenters. The Morgan fingerprint density at radius 3 is 2.92 bits per heavy atom. The molecule has 0 saturated carbocycles. The van der Waals surface area contributed by atoms with Crippen LogP contribution < -0.4 is 0 Å². The smallest absolute Gasteiger partial charge is 0.0223 e. The van der Waals surface area contributed by atoms with E-state index in [1.54, 1.807) is 0 Å². The van der Waals surface area contributed by atoms with Gasteiger partial charge in [-0.3, -0.25) is 9.80 Å². The van der Waals surface area contributed by atoms with E-state index in [1.165, 1.54) is 52.0 Å². The minimum Gasteiger partial charge on any atom is -0.300 e. The summed E-state index contributed by atoms with van der Waals surface area (Å²) in [5.41, 5.74) is 0. The maximum absolute atomic E-state index is 4.29. The van der Waals surface area contributed by atoms with Crippen LogP contribution in [-0.2, 0) is 0 Å². The topological polar surface area (TPSA) is 6.48 Å². The van der Waals surface area contributed by atoms with Crippen molar-refractivity contribution in [2.45, 2.75) is 25.3 Å². The molecule has 2 fully saturated rings. The van der Waals surface area contributed by atoms with E-state index in [4.69, 9.17) is 0 Å². The largest absolute Gasteiger partial charge is 0.300 e. The van der Waals surface area contributed by atoms with Crippen LogP contribution in [0.4, 0.5) is 0 Å². The molecule has 0 radical (unpaired) electrons. The average Bonchev–Trinajstić information content (AvgIpc) is 2.18. The molecule has 0 aromatic heterocycles. The normalized spacial score (nSPS) is 31.6. The second kappa shape index (κ2) is 4.67. The second-order valence-corrected chi connectivity index (χ2v) is 4.66. The molecule has 2 rings (SSSR count). The number of piperazine rings is 1. The zero-order valence-electron chi connectivity index (χ0n) is 8.28. The highest BCUT2D eigenvalue weighted by molar-refractivity contribution is 7.80. The fraction of sp³-hybridized carbons (Fsp3) is 1.00. The van der Waals surface area contributed by atoms with Crippen LogP contribution in [0.5, 0.6) is 0 Å². The highest BCUT2D eigenvalue weighted by atomic mass is 32.1. The molecule has 2 aliphatic heterocycles. The quantitative estimate of drug-likeness (QED) is 0.667. The predicted octanol–water partition coefficient (Wildman–Crippen LogP) is 1.09. The van der Waals surface area contributed by atoms with Gasteiger partial charge in [0.05, 0.1) is 0 Å². The lowest BCUT2D eigenvalue weighted by molar-refractivity contribution is 0.0527. The van der Waals surface area contributed by atoms with E-state index in [0.717, 1.165) is 11.8 Å². The summed E-state index contributed by atoms with van der Waals surface area (Å²) in [6.07, 6.45) is 4.28. The van der Waals surface area contributed by atoms with Gasteiger partial charge in [-0.15, -0.1) is 0 Å². The Hall–Kier alpha value is 0.270. The molecule has 2 aliphatic rings. The monoisotopic (exact) mass is 200 g/mol. The van der Waals surface area contributed by atoms with Gasteiger partial charge >= 0.3 is 0 Å². The van der Waals surface area contributed by atoms with Gasteiger partial charge in [0.1, 0.15) is 0 Å². The summed E-state index contributed by atoms with van der Waals surface area (Å²) in [7, 11) is 0. The first-order chi connectivity index (χ1) is 6.40. The van der Waals surface area contributed by atoms with Crippen LogP contribution in [0.15, 0.2) is 0 Å². The second-order valence-electron chi connectivity index (χ2n) is 4.21. The molecule has 0 aliphatic carbocycles. The van der Waals surface area contributed by atoms with Crippen molar-refractivity contribution in [3.63, 3.8) is 0 Å². The number of rotatable bonds is 2. The van der Waals surface area contributed by atoms with Gasteiger partial charge in [0.15, 0.2) is 0 Å². The number of piperidine rings is 1. The summed E-state index contributed by atoms with van der Waals surface area (Å²) < 4.78 is 0. The summed E-state index contributed by atoms with van der Waals surface area (Å²) in [6, 6.07) is 0.863. The Morgan fingerprint density at radius 2 is 2.08 bits per heavy atom. The molecule has 3 heteroatoms. The molecule has 13 heavy (non-hydrogen) atoms. The molecular weight excluding hydrogens is 180 g/mol. The summed E-state index contributed by atoms with van der Waals surface area (Å²) >= 11 is 4.29. The van der Waals surface area contributed by atoms with E-state index in [-0.39, 0.29) is 0 Å². The Labute approximate surface area is 86.7 Å². The van der Waals surface area contributed by atoms with E-state index in [9.17, 15) is 0 Å². The fourth-order valence-electron chi connectivity index (χ4n) is 2.56. The molecule has 76 valence electrons. The highest BCUT2D eigenvalue weighted by Gasteiger charge is 2.27. The van der Waals surface area contributed by atoms with Crippen molar-refractivity contribution < 1.29 is 0 Å². The maximum atomic E-state index is 4.29. The lowest BCUT2D eigenvalue weighted by Gasteiger charge is -2.44. The van der Waals surface area contributed by atoms with Crippen molar-refractivity contribution in [2.24, 2.45) is 0 Å². The number of fused-ring (bicyclic) bond motifs is 1. The third-order valence-corrected chi connectivity index (χ3v) is 3.54. The molecule has 1 unspecified atom stereocenters. The lowest BCUT2D eigenvalue weighted by atomic mass is 10.00. The number of nitrogens with zero attached hydrogens (tertiary/aromatic N) is 2. The SMILES string of the molecule is SCCN1CCN2CCCCC2C1. The van der Waals surface area contributed by atoms with Crippen LogP contribution >= 0.6 is 12.6 Å². The Morgan fingerprint density at radius 1 is 1.15 bits per heavy atom. The van der Waals surface area contributed by atoms with Crippen LogP contribution in [0.25, 0.3) is 0 Å². The average molecular weight is 200 g/mol. The van der Waals surface area contributed by atoms with Gasteiger partial charge in [-0.25, -0.2) is 0 Å². The van der Waals surface area contributed by atoms with E-state index < -0.39 is 0 Å². The number of thiol groups is 1. The van der Waals surface area contributed by atoms with Crippen LogP contribution in [0, 0.1) is 0 Å². The Bertz CT molecular complexity index is 163. The standard InChI is InChI=1S/C10H20N2S/c13-8-7-11-5-6-12-4-2-1-3-10(12)9-11/h10,13H,1-9H2. The number of hydrogen-bond acceptors (Lipinski definition) is 3. The van der Waals surface area contributed by atoms with Gasteiger partial charge in [0, 0.05) is 38.0 Å². The van der Waals surface area contributed by atoms with Gasteiger partial charge in [-0.2, -0.15) is 12.6 Å². The molecular formula is C10H20N2S. The minimum absolute atomic E-state index is 0.863. The van der Waals surface area contributed by atoms with Crippen molar-refractivity contribution in [3.8, 4) is 0 Å². The van der Waals surface area contributed by atoms with E-state index in [2.05, 4.69) is 22.4 Å². The molecule has 0 aromatic rings. The molecule has 0 spiro atoms. The lowest BCUT2D eigenvalue weighted by Crippen LogP contribution is -2.55. The van der Waals surface area contributed by atoms with Crippen LogP contribution in [0.1, 0.15) is 19.3 Å². The van der Waals surface area contributed by atoms with Crippen molar-refractivity contribution in [1.82, 2.24) is 9.80 Å². The van der Waals surface area contributed by atoms with E-state index in [1.807, 2.05) is 0 Å². The summed E-state index contributed by atoms with van der Waals surface area (Å²) in [4.78, 5) is 5.25. The maximum Gasteiger partial charge on any atom is 0.0223 e. The fourth-order valence-corrected chi connectivity index (χ4v) is 2.85. The molecule has 2 nitrogen and oxygen atoms in total. The van der Waals surface area contributed by atoms with Crippen LogP contribution in [0.3, 0.4) is 0 Å². The molecule has 0 aromatic carbocycles. The van der Waals surface area contributed by atoms with Crippen molar-refractivity contribution in [1.29, 1.82) is 0 Å². The van der Waals surface area contributed by atoms with Crippen molar-refractivity contribution >= 4 is 12.6 Å². The zero-order chi connectivity index (χ0) is 9.10. The van der Waals surface area contributed by atoms with Gasteiger partial charge < -0.3 is 0 Å². The van der Waals surface area contributed by atoms with Gasteiger partial charge in [-0.05, 0) is 19.4 Å². The van der Waals surface area contributed by atoms with Gasteiger partial charge in [0.25, 0.3) is 0 Å². The number of hydrogen-bond donors (Lipinski definition) is 1. The molecule has 0 amide bonds. The Kier molecular flexibility index (Phi) is 3.52. The molecule has 2 saturated heterocycles. The van der Waals surface area contributed by atoms with Crippen molar-refractivity contribution in [3.05, 3.63) is 0 Å². The van der Waals surface area contributed by atoms with Crippen LogP contribution in [0.2, 0.25) is 0 Å². The highest BCUT2D eigenvalue weighted by Crippen LogP contribution is 2.20. The van der Waals surface area contributed by atoms with E-state index in [0.29, 0.717) is 0 Å². The van der Waals surface area contributed by atoms with Crippen molar-refractivity contribution in [2.75, 3.05) is 38.5 Å². The first kappa shape index (κ1) is 9.81. The van der Waals surface area contributed by atoms with Crippen LogP contribution in [-0.4, -0.2) is 54.3 Å². The third kappa shape index (κ3) is 2.39. The summed E-state index contributed by atoms with van der Waals surface area (Å²) in [6.45, 7) is 6.36. The Balaban J connectivity index is 1.84. The predicted molar refractivity (Wildman–Crippen MR) is 59.5 cm³/mol.